The van der Waals surface area contributed by atoms with Crippen molar-refractivity contribution in [3.8, 4) is 5.75 Å². The maximum Gasteiger partial charge on any atom is 0.323 e. The minimum Gasteiger partial charge on any atom is -0.494 e. The molecule has 0 aliphatic rings. The van der Waals surface area contributed by atoms with E-state index in [1.165, 1.54) is 32.5 Å². The summed E-state index contributed by atoms with van der Waals surface area (Å²) in [7, 11) is -2.42. The van der Waals surface area contributed by atoms with Crippen molar-refractivity contribution < 1.29 is 32.5 Å². The predicted molar refractivity (Wildman–Crippen MR) is 128 cm³/mol. The number of aromatic nitrogens is 4. The summed E-state index contributed by atoms with van der Waals surface area (Å²) in [4.78, 5) is 34.4. The van der Waals surface area contributed by atoms with Crippen LogP contribution in [0.4, 0.5) is 10.3 Å². The zero-order valence-electron chi connectivity index (χ0n) is 20.0. The number of nitrogens with one attached hydrogen (secondary N) is 2. The number of rotatable bonds is 13. The fourth-order valence-electron chi connectivity index (χ4n) is 3.19. The van der Waals surface area contributed by atoms with Gasteiger partial charge in [0.25, 0.3) is 13.1 Å². The van der Waals surface area contributed by atoms with Gasteiger partial charge in [-0.2, -0.15) is 4.98 Å². The van der Waals surface area contributed by atoms with E-state index in [1.54, 1.807) is 17.6 Å². The lowest BCUT2D eigenvalue weighted by molar-refractivity contribution is -0.144. The summed E-state index contributed by atoms with van der Waals surface area (Å²) in [6, 6.07) is 3.23. The SMILES string of the molecule is CCOC(=O)[C@H](C)NP(=O)(COCCn1cnc2c(=O)[nH]c(N)nc21)OCc1ccc(OC)c(F)c1. The second-order valence-corrected chi connectivity index (χ2v) is 9.74. The van der Waals surface area contributed by atoms with Gasteiger partial charge >= 0.3 is 5.97 Å². The Balaban J connectivity index is 1.66. The highest BCUT2D eigenvalue weighted by Gasteiger charge is 2.29. The third-order valence-corrected chi connectivity index (χ3v) is 6.77. The van der Waals surface area contributed by atoms with E-state index in [0.717, 1.165) is 0 Å². The van der Waals surface area contributed by atoms with Crippen LogP contribution in [-0.2, 0) is 36.5 Å². The van der Waals surface area contributed by atoms with E-state index >= 15 is 0 Å². The molecule has 2 heterocycles. The number of aromatic amines is 1. The molecule has 0 bridgehead atoms. The minimum absolute atomic E-state index is 0.0415. The number of hydrogen-bond donors (Lipinski definition) is 3. The number of ether oxygens (including phenoxy) is 3. The number of nitrogens with zero attached hydrogens (tertiary/aromatic N) is 3. The molecule has 3 rings (SSSR count). The number of anilines is 1. The smallest absolute Gasteiger partial charge is 0.323 e. The number of nitrogens with two attached hydrogens (primary N) is 1. The van der Waals surface area contributed by atoms with E-state index in [1.807, 2.05) is 0 Å². The third kappa shape index (κ3) is 6.88. The van der Waals surface area contributed by atoms with Crippen molar-refractivity contribution in [3.63, 3.8) is 0 Å². The second-order valence-electron chi connectivity index (χ2n) is 7.62. The van der Waals surface area contributed by atoms with Gasteiger partial charge in [0.2, 0.25) is 5.95 Å². The number of halogens is 1. The molecule has 3 aromatic rings. The van der Waals surface area contributed by atoms with Gasteiger partial charge in [0.15, 0.2) is 22.7 Å². The molecule has 2 atom stereocenters. The fraction of sp³-hybridized carbons (Fsp3) is 0.429. The molecule has 0 amide bonds. The highest BCUT2D eigenvalue weighted by Crippen LogP contribution is 2.44. The average Bonchev–Trinajstić information content (AvgIpc) is 3.24. The Labute approximate surface area is 205 Å². The van der Waals surface area contributed by atoms with Crippen LogP contribution in [0, 0.1) is 5.82 Å². The Morgan fingerprint density at radius 2 is 2.17 bits per heavy atom. The zero-order chi connectivity index (χ0) is 26.3. The van der Waals surface area contributed by atoms with Crippen LogP contribution in [0.15, 0.2) is 29.3 Å². The van der Waals surface area contributed by atoms with Gasteiger partial charge in [-0.25, -0.2) is 14.5 Å². The Morgan fingerprint density at radius 1 is 1.39 bits per heavy atom. The molecule has 196 valence electrons. The lowest BCUT2D eigenvalue weighted by atomic mass is 10.2. The molecular formula is C21H28FN6O7P. The Morgan fingerprint density at radius 3 is 2.86 bits per heavy atom. The molecule has 1 aromatic carbocycles. The first-order valence-electron chi connectivity index (χ1n) is 10.9. The van der Waals surface area contributed by atoms with Crippen molar-refractivity contribution in [1.29, 1.82) is 0 Å². The second kappa shape index (κ2) is 12.1. The number of imidazole rings is 1. The van der Waals surface area contributed by atoms with Crippen LogP contribution >= 0.6 is 7.52 Å². The van der Waals surface area contributed by atoms with Gasteiger partial charge in [0, 0.05) is 6.54 Å². The minimum atomic E-state index is -3.76. The monoisotopic (exact) mass is 526 g/mol. The molecule has 2 aromatic heterocycles. The maximum absolute atomic E-state index is 14.0. The highest BCUT2D eigenvalue weighted by molar-refractivity contribution is 7.56. The van der Waals surface area contributed by atoms with Crippen molar-refractivity contribution in [2.75, 3.05) is 32.4 Å². The summed E-state index contributed by atoms with van der Waals surface area (Å²) < 4.78 is 50.1. The van der Waals surface area contributed by atoms with Crippen LogP contribution in [0.25, 0.3) is 11.2 Å². The number of benzene rings is 1. The van der Waals surface area contributed by atoms with Crippen molar-refractivity contribution in [1.82, 2.24) is 24.6 Å². The van der Waals surface area contributed by atoms with Crippen LogP contribution in [0.1, 0.15) is 19.4 Å². The topological polar surface area (TPSA) is 173 Å². The molecule has 36 heavy (non-hydrogen) atoms. The number of H-pyrrole nitrogens is 1. The van der Waals surface area contributed by atoms with Gasteiger partial charge in [-0.05, 0) is 31.5 Å². The van der Waals surface area contributed by atoms with Crippen LogP contribution in [-0.4, -0.2) is 58.2 Å². The normalized spacial score (nSPS) is 13.9. The quantitative estimate of drug-likeness (QED) is 0.168. The molecule has 0 radical (unpaired) electrons. The van der Waals surface area contributed by atoms with E-state index in [0.29, 0.717) is 5.56 Å². The first-order valence-corrected chi connectivity index (χ1v) is 12.8. The van der Waals surface area contributed by atoms with Gasteiger partial charge in [0.05, 0.1) is 33.3 Å². The van der Waals surface area contributed by atoms with E-state index < -0.39 is 37.3 Å². The molecule has 0 aliphatic heterocycles. The largest absolute Gasteiger partial charge is 0.494 e. The molecule has 0 spiro atoms. The average molecular weight is 526 g/mol. The van der Waals surface area contributed by atoms with E-state index in [4.69, 9.17) is 24.5 Å². The highest BCUT2D eigenvalue weighted by atomic mass is 31.2. The van der Waals surface area contributed by atoms with Crippen LogP contribution < -0.4 is 21.1 Å². The van der Waals surface area contributed by atoms with Gasteiger partial charge in [0.1, 0.15) is 12.4 Å². The standard InChI is InChI=1S/C21H28FN6O7P/c1-4-34-20(30)13(2)27-36(31,35-10-14-5-6-16(32-3)15(22)9-14)12-33-8-7-28-11-24-17-18(28)25-21(23)26-19(17)29/h5-6,9,11,13H,4,7-8,10,12H2,1-3H3,(H,27,31)(H3,23,25,26,29)/t13-,36?/m0/s1. The van der Waals surface area contributed by atoms with Crippen LogP contribution in [0.2, 0.25) is 0 Å². The number of carbonyl (C=O) groups is 1. The summed E-state index contributed by atoms with van der Waals surface area (Å²) in [5.74, 6) is -1.21. The van der Waals surface area contributed by atoms with E-state index in [-0.39, 0.29) is 49.2 Å². The number of methoxy groups -OCH3 is 1. The van der Waals surface area contributed by atoms with Crippen LogP contribution in [0.3, 0.4) is 0 Å². The summed E-state index contributed by atoms with van der Waals surface area (Å²) >= 11 is 0. The number of hydrogen-bond acceptors (Lipinski definition) is 10. The molecule has 15 heteroatoms. The van der Waals surface area contributed by atoms with Gasteiger partial charge in [-0.3, -0.25) is 19.1 Å². The lowest BCUT2D eigenvalue weighted by Crippen LogP contribution is -2.34. The molecule has 0 saturated carbocycles. The molecule has 0 fully saturated rings. The lowest BCUT2D eigenvalue weighted by Gasteiger charge is -2.23. The molecule has 1 unspecified atom stereocenters. The summed E-state index contributed by atoms with van der Waals surface area (Å²) in [6.45, 7) is 3.31. The zero-order valence-corrected chi connectivity index (χ0v) is 20.9. The molecule has 13 nitrogen and oxygen atoms in total. The fourth-order valence-corrected chi connectivity index (χ4v) is 4.83. The number of carbonyl (C=O) groups excluding carboxylic acids is 1. The number of nitrogen functional groups attached to an aromatic ring is 1. The number of esters is 1. The number of fused-ring (bicyclic) bond motifs is 1. The maximum atomic E-state index is 14.0. The molecule has 4 N–H and O–H groups in total. The first kappa shape index (κ1) is 27.3. The third-order valence-electron chi connectivity index (χ3n) is 4.92. The van der Waals surface area contributed by atoms with Gasteiger partial charge < -0.3 is 29.0 Å². The Kier molecular flexibility index (Phi) is 9.15. The molecule has 0 saturated heterocycles. The van der Waals surface area contributed by atoms with Crippen molar-refractivity contribution in [2.45, 2.75) is 33.0 Å². The van der Waals surface area contributed by atoms with Gasteiger partial charge in [-0.15, -0.1) is 0 Å². The summed E-state index contributed by atoms with van der Waals surface area (Å²) in [6.07, 6.45) is 1.00. The van der Waals surface area contributed by atoms with Crippen molar-refractivity contribution in [2.24, 2.45) is 0 Å². The summed E-state index contributed by atoms with van der Waals surface area (Å²) in [5, 5.41) is 2.65. The van der Waals surface area contributed by atoms with Crippen molar-refractivity contribution in [3.05, 3.63) is 46.3 Å². The summed E-state index contributed by atoms with van der Waals surface area (Å²) in [5.41, 5.74) is 5.92. The van der Waals surface area contributed by atoms with Gasteiger partial charge in [-0.1, -0.05) is 6.07 Å². The molecule has 0 aliphatic carbocycles. The predicted octanol–water partition coefficient (Wildman–Crippen LogP) is 1.77. The Bertz CT molecular complexity index is 1310. The first-order chi connectivity index (χ1) is 17.2. The molecular weight excluding hydrogens is 498 g/mol. The van der Waals surface area contributed by atoms with E-state index in [9.17, 15) is 18.5 Å². The Hall–Kier alpha value is -3.32. The van der Waals surface area contributed by atoms with Crippen molar-refractivity contribution >= 4 is 30.6 Å². The van der Waals surface area contributed by atoms with Crippen LogP contribution in [0.5, 0.6) is 5.75 Å². The van der Waals surface area contributed by atoms with E-state index in [2.05, 4.69) is 20.0 Å².